The molecule has 0 aromatic rings. The van der Waals surface area contributed by atoms with E-state index in [9.17, 15) is 20.4 Å². The first kappa shape index (κ1) is 19.0. The molecule has 136 valence electrons. The summed E-state index contributed by atoms with van der Waals surface area (Å²) in [6.07, 6.45) is -5.50. The van der Waals surface area contributed by atoms with Gasteiger partial charge < -0.3 is 41.1 Å². The first-order chi connectivity index (χ1) is 11.1. The summed E-state index contributed by atoms with van der Waals surface area (Å²) in [6.45, 7) is 5.77. The molecule has 0 amide bonds. The highest BCUT2D eigenvalue weighted by Gasteiger charge is 2.45. The van der Waals surface area contributed by atoms with Crippen molar-refractivity contribution in [3.63, 3.8) is 0 Å². The third-order valence-corrected chi connectivity index (χ3v) is 4.34. The first-order valence-corrected chi connectivity index (χ1v) is 8.32. The minimum Gasteiger partial charge on any atom is -0.394 e. The molecule has 9 nitrogen and oxygen atoms in total. The fourth-order valence-electron chi connectivity index (χ4n) is 2.92. The Morgan fingerprint density at radius 2 is 1.30 bits per heavy atom. The van der Waals surface area contributed by atoms with Crippen molar-refractivity contribution in [2.24, 2.45) is 0 Å². The van der Waals surface area contributed by atoms with Crippen molar-refractivity contribution in [3.05, 3.63) is 0 Å². The van der Waals surface area contributed by atoms with Crippen molar-refractivity contribution in [3.8, 4) is 0 Å². The molecule has 23 heavy (non-hydrogen) atoms. The summed E-state index contributed by atoms with van der Waals surface area (Å²) in [5, 5.41) is 49.3. The maximum Gasteiger partial charge on any atom is 0.140 e. The maximum atomic E-state index is 10.3. The molecule has 0 bridgehead atoms. The molecule has 2 rings (SSSR count). The van der Waals surface area contributed by atoms with Gasteiger partial charge in [-0.15, -0.1) is 0 Å². The van der Waals surface area contributed by atoms with E-state index in [0.29, 0.717) is 13.1 Å². The van der Waals surface area contributed by atoms with Crippen molar-refractivity contribution < 1.29 is 25.2 Å². The Balaban J connectivity index is 1.98. The third kappa shape index (κ3) is 5.31. The molecule has 0 aliphatic carbocycles. The largest absolute Gasteiger partial charge is 0.394 e. The molecule has 2 saturated heterocycles. The Bertz CT molecular complexity index is 324. The minimum absolute atomic E-state index is 0.405. The van der Waals surface area contributed by atoms with Crippen LogP contribution in [-0.4, -0.2) is 115 Å². The smallest absolute Gasteiger partial charge is 0.140 e. The molecule has 0 spiro atoms. The Morgan fingerprint density at radius 1 is 0.783 bits per heavy atom. The molecule has 5 atom stereocenters. The van der Waals surface area contributed by atoms with Gasteiger partial charge in [0, 0.05) is 52.4 Å². The highest BCUT2D eigenvalue weighted by molar-refractivity contribution is 4.92. The van der Waals surface area contributed by atoms with Gasteiger partial charge in [-0.25, -0.2) is 0 Å². The molecule has 7 N–H and O–H groups in total. The van der Waals surface area contributed by atoms with Crippen LogP contribution in [0.15, 0.2) is 0 Å². The molecular formula is C14H30N4O5. The topological polar surface area (TPSA) is 129 Å². The van der Waals surface area contributed by atoms with Gasteiger partial charge >= 0.3 is 0 Å². The van der Waals surface area contributed by atoms with E-state index in [0.717, 1.165) is 39.3 Å². The van der Waals surface area contributed by atoms with Crippen LogP contribution in [0.4, 0.5) is 0 Å². The van der Waals surface area contributed by atoms with Gasteiger partial charge in [0.2, 0.25) is 0 Å². The summed E-state index contributed by atoms with van der Waals surface area (Å²) in [4.78, 5) is 1.93. The number of hydrogen-bond donors (Lipinski definition) is 7. The lowest BCUT2D eigenvalue weighted by molar-refractivity contribution is -0.264. The zero-order chi connectivity index (χ0) is 16.7. The summed E-state index contributed by atoms with van der Waals surface area (Å²) >= 11 is 0. The zero-order valence-electron chi connectivity index (χ0n) is 13.4. The van der Waals surface area contributed by atoms with Crippen LogP contribution in [-0.2, 0) is 4.74 Å². The molecule has 0 aromatic heterocycles. The summed E-state index contributed by atoms with van der Waals surface area (Å²) < 4.78 is 5.64. The van der Waals surface area contributed by atoms with E-state index in [-0.39, 0.29) is 0 Å². The lowest BCUT2D eigenvalue weighted by Gasteiger charge is -2.44. The van der Waals surface area contributed by atoms with Crippen molar-refractivity contribution in [2.45, 2.75) is 30.6 Å². The maximum absolute atomic E-state index is 10.3. The number of rotatable bonds is 2. The van der Waals surface area contributed by atoms with Gasteiger partial charge in [0.05, 0.1) is 6.61 Å². The SMILES string of the molecule is OC[C@H]1O[C@H](N2CCNCCNCCNCC2)[C@H](O)[C@@H](O)[C@@H]1O. The van der Waals surface area contributed by atoms with E-state index < -0.39 is 37.3 Å². The number of nitrogens with one attached hydrogen (secondary N) is 3. The molecule has 0 unspecified atom stereocenters. The highest BCUT2D eigenvalue weighted by atomic mass is 16.6. The minimum atomic E-state index is -1.34. The monoisotopic (exact) mass is 334 g/mol. The second-order valence-electron chi connectivity index (χ2n) is 6.01. The van der Waals surface area contributed by atoms with Crippen LogP contribution in [0.5, 0.6) is 0 Å². The Kier molecular flexibility index (Phi) is 8.10. The van der Waals surface area contributed by atoms with Crippen LogP contribution in [0.1, 0.15) is 0 Å². The summed E-state index contributed by atoms with van der Waals surface area (Å²) in [6, 6.07) is 0. The second-order valence-corrected chi connectivity index (χ2v) is 6.01. The molecule has 9 heteroatoms. The van der Waals surface area contributed by atoms with E-state index in [1.165, 1.54) is 0 Å². The molecule has 0 radical (unpaired) electrons. The molecule has 2 aliphatic rings. The fraction of sp³-hybridized carbons (Fsp3) is 1.00. The summed E-state index contributed by atoms with van der Waals surface area (Å²) in [5.41, 5.74) is 0. The number of nitrogens with zero attached hydrogens (tertiary/aromatic N) is 1. The quantitative estimate of drug-likeness (QED) is 0.269. The normalized spacial score (nSPS) is 39.4. The van der Waals surface area contributed by atoms with Crippen LogP contribution < -0.4 is 16.0 Å². The average Bonchev–Trinajstić information content (AvgIpc) is 2.54. The zero-order valence-corrected chi connectivity index (χ0v) is 13.4. The Hall–Kier alpha value is -0.360. The highest BCUT2D eigenvalue weighted by Crippen LogP contribution is 2.23. The number of aliphatic hydroxyl groups excluding tert-OH is 4. The Labute approximate surface area is 136 Å². The molecule has 2 fully saturated rings. The predicted octanol–water partition coefficient (Wildman–Crippen LogP) is -4.13. The summed E-state index contributed by atoms with van der Waals surface area (Å²) in [7, 11) is 0. The van der Waals surface area contributed by atoms with Crippen molar-refractivity contribution in [1.29, 1.82) is 0 Å². The number of aliphatic hydroxyl groups is 4. The van der Waals surface area contributed by atoms with E-state index >= 15 is 0 Å². The van der Waals surface area contributed by atoms with Gasteiger partial charge in [-0.2, -0.15) is 0 Å². The van der Waals surface area contributed by atoms with Crippen LogP contribution in [0.25, 0.3) is 0 Å². The fourth-order valence-corrected chi connectivity index (χ4v) is 2.92. The van der Waals surface area contributed by atoms with Crippen LogP contribution in [0.3, 0.4) is 0 Å². The molecule has 2 heterocycles. The molecule has 2 aliphatic heterocycles. The van der Waals surface area contributed by atoms with Gasteiger partial charge in [0.15, 0.2) is 0 Å². The van der Waals surface area contributed by atoms with Crippen LogP contribution >= 0.6 is 0 Å². The van der Waals surface area contributed by atoms with Crippen molar-refractivity contribution in [1.82, 2.24) is 20.9 Å². The standard InChI is InChI=1S/C14H30N4O5/c19-9-10-11(20)12(21)13(22)14(23-10)18-7-5-16-3-1-15-2-4-17-6-8-18/h10-17,19-22H,1-9H2/t10-,11-,12+,13-,14+/m1/s1. The van der Waals surface area contributed by atoms with Crippen LogP contribution in [0.2, 0.25) is 0 Å². The number of hydrogen-bond acceptors (Lipinski definition) is 9. The third-order valence-electron chi connectivity index (χ3n) is 4.34. The van der Waals surface area contributed by atoms with Crippen molar-refractivity contribution in [2.75, 3.05) is 59.0 Å². The van der Waals surface area contributed by atoms with Gasteiger partial charge in [0.1, 0.15) is 30.6 Å². The molecule has 0 aromatic carbocycles. The first-order valence-electron chi connectivity index (χ1n) is 8.32. The van der Waals surface area contributed by atoms with Crippen molar-refractivity contribution >= 4 is 0 Å². The predicted molar refractivity (Wildman–Crippen MR) is 83.9 cm³/mol. The van der Waals surface area contributed by atoms with Gasteiger partial charge in [-0.1, -0.05) is 0 Å². The van der Waals surface area contributed by atoms with Gasteiger partial charge in [-0.3, -0.25) is 4.90 Å². The van der Waals surface area contributed by atoms with Gasteiger partial charge in [0.25, 0.3) is 0 Å². The number of ether oxygens (including phenoxy) is 1. The lowest BCUT2D eigenvalue weighted by atomic mass is 9.97. The van der Waals surface area contributed by atoms with Crippen LogP contribution in [0, 0.1) is 0 Å². The lowest BCUT2D eigenvalue weighted by Crippen LogP contribution is -2.64. The second kappa shape index (κ2) is 9.82. The Morgan fingerprint density at radius 3 is 1.83 bits per heavy atom. The summed E-state index contributed by atoms with van der Waals surface area (Å²) in [5.74, 6) is 0. The van der Waals surface area contributed by atoms with E-state index in [4.69, 9.17) is 4.74 Å². The van der Waals surface area contributed by atoms with E-state index in [2.05, 4.69) is 16.0 Å². The van der Waals surface area contributed by atoms with E-state index in [1.807, 2.05) is 4.90 Å². The van der Waals surface area contributed by atoms with E-state index in [1.54, 1.807) is 0 Å². The average molecular weight is 334 g/mol. The molecule has 0 saturated carbocycles. The van der Waals surface area contributed by atoms with Gasteiger partial charge in [-0.05, 0) is 0 Å². The molecular weight excluding hydrogens is 304 g/mol.